The van der Waals surface area contributed by atoms with Gasteiger partial charge in [-0.2, -0.15) is 0 Å². The number of amides is 1. The lowest BCUT2D eigenvalue weighted by Crippen LogP contribution is -2.38. The molecule has 5 aromatic carbocycles. The Labute approximate surface area is 301 Å². The number of imidazole rings is 1. The van der Waals surface area contributed by atoms with Gasteiger partial charge in [-0.15, -0.1) is 0 Å². The number of benzene rings is 5. The van der Waals surface area contributed by atoms with E-state index in [4.69, 9.17) is 9.97 Å². The molecule has 1 unspecified atom stereocenters. The molecule has 8 nitrogen and oxygen atoms in total. The summed E-state index contributed by atoms with van der Waals surface area (Å²) in [7, 11) is 0. The number of nitrogens with zero attached hydrogens (tertiary/aromatic N) is 4. The van der Waals surface area contributed by atoms with Gasteiger partial charge in [0.05, 0.1) is 28.3 Å². The summed E-state index contributed by atoms with van der Waals surface area (Å²) in [6.45, 7) is 0.639. The topological polar surface area (TPSA) is 101 Å². The predicted octanol–water partition coefficient (Wildman–Crippen LogP) is 8.04. The molecule has 1 amide bonds. The predicted molar refractivity (Wildman–Crippen MR) is 205 cm³/mol. The van der Waals surface area contributed by atoms with Crippen molar-refractivity contribution in [3.63, 3.8) is 0 Å². The smallest absolute Gasteiger partial charge is 0.289 e. The minimum absolute atomic E-state index is 0.149. The number of hydrogen-bond acceptors (Lipinski definition) is 5. The molecular formula is C44H37N7O. The highest BCUT2D eigenvalue weighted by molar-refractivity contribution is 6.03. The molecule has 0 radical (unpaired) electrons. The maximum Gasteiger partial charge on any atom is 0.289 e. The molecule has 8 aromatic rings. The van der Waals surface area contributed by atoms with Crippen LogP contribution < -0.4 is 10.6 Å². The van der Waals surface area contributed by atoms with Gasteiger partial charge in [-0.05, 0) is 59.4 Å². The average molecular weight is 680 g/mol. The van der Waals surface area contributed by atoms with Crippen molar-refractivity contribution >= 4 is 27.8 Å². The van der Waals surface area contributed by atoms with Gasteiger partial charge >= 0.3 is 0 Å². The van der Waals surface area contributed by atoms with Crippen molar-refractivity contribution in [1.29, 1.82) is 0 Å². The van der Waals surface area contributed by atoms with Crippen molar-refractivity contribution in [2.75, 3.05) is 6.54 Å². The highest BCUT2D eigenvalue weighted by Gasteiger charge is 2.40. The minimum atomic E-state index is -0.807. The van der Waals surface area contributed by atoms with Crippen molar-refractivity contribution in [2.45, 2.75) is 30.5 Å². The molecule has 3 aromatic heterocycles. The standard InChI is InChI=1S/C44H37N7O/c52-43(49-39(29-46-35-21-22-35)30-13-5-1-6-14-30)42-47-37-27-36-40(28-38(37)48-42)51(50-41(36)31-23-25-45-26-24-31)44(32-15-7-2-8-16-32,33-17-9-3-10-18-33)34-19-11-4-12-20-34/h1-20,23-28,35,39,46,50H,21-22,29H2,(H,49,52). The highest BCUT2D eigenvalue weighted by Crippen LogP contribution is 2.44. The molecule has 3 heterocycles. The van der Waals surface area contributed by atoms with Crippen LogP contribution in [0, 0.1) is 0 Å². The van der Waals surface area contributed by atoms with Gasteiger partial charge in [-0.3, -0.25) is 19.6 Å². The SMILES string of the molecule is O=C(NC(CNC1CC1)c1ccccc1)c1nc2cc3c(-c4ccncc4)[nH]n(C(c4ccccc4)(c4ccccc4)c4ccccc4)c3cc2n1. The Hall–Kier alpha value is -6.38. The minimum Gasteiger partial charge on any atom is -0.341 e. The fraction of sp³-hybridized carbons (Fsp3) is 0.136. The number of hydrogen-bond donors (Lipinski definition) is 3. The molecular weight excluding hydrogens is 643 g/mol. The number of carbonyl (C=O) groups excluding carboxylic acids is 1. The molecule has 9 rings (SSSR count). The van der Waals surface area contributed by atoms with E-state index < -0.39 is 5.54 Å². The van der Waals surface area contributed by atoms with Crippen LogP contribution in [0.15, 0.2) is 158 Å². The fourth-order valence-corrected chi connectivity index (χ4v) is 7.38. The molecule has 1 saturated carbocycles. The Morgan fingerprint density at radius 3 is 1.83 bits per heavy atom. The summed E-state index contributed by atoms with van der Waals surface area (Å²) in [6.07, 6.45) is 5.94. The number of aromatic amines is 1. The summed E-state index contributed by atoms with van der Waals surface area (Å²) in [5, 5.41) is 11.6. The molecule has 0 spiro atoms. The van der Waals surface area contributed by atoms with Crippen LogP contribution in [0.1, 0.15) is 51.8 Å². The van der Waals surface area contributed by atoms with E-state index in [2.05, 4.69) is 104 Å². The van der Waals surface area contributed by atoms with E-state index in [-0.39, 0.29) is 17.8 Å². The van der Waals surface area contributed by atoms with Crippen LogP contribution in [-0.4, -0.2) is 43.2 Å². The van der Waals surface area contributed by atoms with Crippen molar-refractivity contribution in [3.8, 4) is 11.3 Å². The Kier molecular flexibility index (Phi) is 8.14. The van der Waals surface area contributed by atoms with E-state index in [0.29, 0.717) is 23.6 Å². The first-order valence-electron chi connectivity index (χ1n) is 17.8. The van der Waals surface area contributed by atoms with Gasteiger partial charge in [-0.25, -0.2) is 9.97 Å². The molecule has 1 aliphatic rings. The number of pyridine rings is 1. The van der Waals surface area contributed by atoms with Gasteiger partial charge in [0, 0.05) is 35.9 Å². The molecule has 1 aliphatic carbocycles. The van der Waals surface area contributed by atoms with Crippen LogP contribution in [0.25, 0.3) is 33.2 Å². The van der Waals surface area contributed by atoms with Crippen LogP contribution in [0.2, 0.25) is 0 Å². The van der Waals surface area contributed by atoms with Crippen LogP contribution >= 0.6 is 0 Å². The maximum absolute atomic E-state index is 13.9. The lowest BCUT2D eigenvalue weighted by molar-refractivity contribution is 0.0926. The Bertz CT molecular complexity index is 2360. The number of aromatic nitrogens is 5. The van der Waals surface area contributed by atoms with Gasteiger partial charge in [-0.1, -0.05) is 121 Å². The summed E-state index contributed by atoms with van der Waals surface area (Å²) in [5.41, 5.74) is 7.59. The molecule has 3 N–H and O–H groups in total. The lowest BCUT2D eigenvalue weighted by Gasteiger charge is -2.37. The fourth-order valence-electron chi connectivity index (χ4n) is 7.38. The summed E-state index contributed by atoms with van der Waals surface area (Å²) in [6, 6.07) is 50.2. The zero-order valence-electron chi connectivity index (χ0n) is 28.5. The second-order valence-corrected chi connectivity index (χ2v) is 13.4. The molecule has 0 saturated heterocycles. The van der Waals surface area contributed by atoms with Gasteiger partial charge in [0.25, 0.3) is 5.91 Å². The quantitative estimate of drug-likeness (QED) is 0.120. The molecule has 0 bridgehead atoms. The van der Waals surface area contributed by atoms with E-state index in [1.165, 1.54) is 12.8 Å². The van der Waals surface area contributed by atoms with Crippen molar-refractivity contribution in [3.05, 3.63) is 186 Å². The molecule has 1 atom stereocenters. The zero-order valence-corrected chi connectivity index (χ0v) is 28.5. The second kappa shape index (κ2) is 13.4. The van der Waals surface area contributed by atoms with Crippen LogP contribution in [0.5, 0.6) is 0 Å². The Morgan fingerprint density at radius 2 is 1.27 bits per heavy atom. The van der Waals surface area contributed by atoms with Crippen LogP contribution in [0.3, 0.4) is 0 Å². The number of rotatable bonds is 11. The first-order chi connectivity index (χ1) is 25.7. The number of H-pyrrole nitrogens is 1. The first kappa shape index (κ1) is 31.6. The molecule has 8 heteroatoms. The number of nitrogens with one attached hydrogen (secondary N) is 3. The van der Waals surface area contributed by atoms with Gasteiger partial charge in [0.15, 0.2) is 0 Å². The summed E-state index contributed by atoms with van der Waals surface area (Å²) >= 11 is 0. The Morgan fingerprint density at radius 1 is 0.731 bits per heavy atom. The first-order valence-corrected chi connectivity index (χ1v) is 17.8. The number of carbonyl (C=O) groups is 1. The number of fused-ring (bicyclic) bond motifs is 2. The van der Waals surface area contributed by atoms with Gasteiger partial charge < -0.3 is 10.6 Å². The molecule has 0 aliphatic heterocycles. The van der Waals surface area contributed by atoms with Crippen molar-refractivity contribution in [1.82, 2.24) is 35.4 Å². The third-order valence-corrected chi connectivity index (χ3v) is 10.1. The third-order valence-electron chi connectivity index (χ3n) is 10.1. The van der Waals surface area contributed by atoms with E-state index in [0.717, 1.165) is 44.4 Å². The van der Waals surface area contributed by atoms with E-state index in [1.54, 1.807) is 12.4 Å². The summed E-state index contributed by atoms with van der Waals surface area (Å²) in [5.74, 6) is -0.153. The van der Waals surface area contributed by atoms with Gasteiger partial charge in [0.1, 0.15) is 5.54 Å². The maximum atomic E-state index is 13.9. The molecule has 1 fully saturated rings. The monoisotopic (exact) mass is 679 g/mol. The highest BCUT2D eigenvalue weighted by atomic mass is 16.2. The third kappa shape index (κ3) is 5.73. The van der Waals surface area contributed by atoms with Crippen molar-refractivity contribution < 1.29 is 4.79 Å². The second-order valence-electron chi connectivity index (χ2n) is 13.4. The van der Waals surface area contributed by atoms with Crippen molar-refractivity contribution in [2.24, 2.45) is 0 Å². The summed E-state index contributed by atoms with van der Waals surface area (Å²) in [4.78, 5) is 27.9. The average Bonchev–Trinajstić information content (AvgIpc) is 3.84. The van der Waals surface area contributed by atoms with E-state index in [9.17, 15) is 4.79 Å². The molecule has 52 heavy (non-hydrogen) atoms. The van der Waals surface area contributed by atoms with Crippen LogP contribution in [-0.2, 0) is 5.54 Å². The lowest BCUT2D eigenvalue weighted by atomic mass is 9.77. The van der Waals surface area contributed by atoms with E-state index in [1.807, 2.05) is 66.7 Å². The normalized spacial score (nSPS) is 13.7. The Balaban J connectivity index is 1.24. The zero-order chi connectivity index (χ0) is 34.9. The van der Waals surface area contributed by atoms with Gasteiger partial charge in [0.2, 0.25) is 5.82 Å². The van der Waals surface area contributed by atoms with Crippen LogP contribution in [0.4, 0.5) is 0 Å². The van der Waals surface area contributed by atoms with E-state index >= 15 is 0 Å². The largest absolute Gasteiger partial charge is 0.341 e. The molecule has 254 valence electrons. The summed E-state index contributed by atoms with van der Waals surface area (Å²) < 4.78 is 2.25.